The molecule has 0 aromatic carbocycles. The highest BCUT2D eigenvalue weighted by molar-refractivity contribution is 7.17. The Balaban J connectivity index is 2.67. The lowest BCUT2D eigenvalue weighted by Crippen LogP contribution is -2.31. The highest BCUT2D eigenvalue weighted by Crippen LogP contribution is 2.25. The van der Waals surface area contributed by atoms with Gasteiger partial charge in [0.1, 0.15) is 0 Å². The molecule has 1 aromatic rings. The second kappa shape index (κ2) is 5.12. The van der Waals surface area contributed by atoms with Crippen LogP contribution < -0.4 is 4.90 Å². The van der Waals surface area contributed by atoms with Gasteiger partial charge in [-0.05, 0) is 19.1 Å². The molecule has 0 aliphatic carbocycles. The van der Waals surface area contributed by atoms with E-state index in [4.69, 9.17) is 4.74 Å². The van der Waals surface area contributed by atoms with Crippen LogP contribution in [0.1, 0.15) is 16.6 Å². The van der Waals surface area contributed by atoms with Crippen molar-refractivity contribution in [1.82, 2.24) is 0 Å². The van der Waals surface area contributed by atoms with Crippen molar-refractivity contribution in [2.45, 2.75) is 13.0 Å². The van der Waals surface area contributed by atoms with Gasteiger partial charge in [0.2, 0.25) is 0 Å². The Morgan fingerprint density at radius 2 is 2.36 bits per heavy atom. The minimum absolute atomic E-state index is 0.318. The van der Waals surface area contributed by atoms with Crippen LogP contribution in [0.4, 0.5) is 5.00 Å². The van der Waals surface area contributed by atoms with E-state index in [1.807, 2.05) is 19.2 Å². The van der Waals surface area contributed by atoms with E-state index < -0.39 is 0 Å². The van der Waals surface area contributed by atoms with E-state index in [1.165, 1.54) is 11.3 Å². The summed E-state index contributed by atoms with van der Waals surface area (Å²) in [7, 11) is 3.69. The van der Waals surface area contributed by atoms with E-state index in [2.05, 4.69) is 11.8 Å². The summed E-state index contributed by atoms with van der Waals surface area (Å²) in [5, 5.41) is 1.09. The van der Waals surface area contributed by atoms with Crippen molar-refractivity contribution < 1.29 is 9.53 Å². The number of carbonyl (C=O) groups excluding carboxylic acids is 1. The van der Waals surface area contributed by atoms with Crippen LogP contribution in [0.5, 0.6) is 0 Å². The van der Waals surface area contributed by atoms with Crippen LogP contribution in [-0.2, 0) is 4.74 Å². The van der Waals surface area contributed by atoms with Crippen LogP contribution in [-0.4, -0.2) is 33.1 Å². The molecule has 14 heavy (non-hydrogen) atoms. The standard InChI is InChI=1S/C10H15NO2S/c1-8(7-13-3)11(2)10-5-4-9(6-12)14-10/h4-6,8H,7H2,1-3H3. The van der Waals surface area contributed by atoms with Gasteiger partial charge in [-0.15, -0.1) is 11.3 Å². The lowest BCUT2D eigenvalue weighted by Gasteiger charge is -2.24. The molecule has 4 heteroatoms. The Kier molecular flexibility index (Phi) is 4.10. The minimum Gasteiger partial charge on any atom is -0.383 e. The monoisotopic (exact) mass is 213 g/mol. The molecule has 3 nitrogen and oxygen atoms in total. The molecule has 0 bridgehead atoms. The van der Waals surface area contributed by atoms with Gasteiger partial charge in [-0.2, -0.15) is 0 Å². The number of anilines is 1. The van der Waals surface area contributed by atoms with Crippen LogP contribution in [0.25, 0.3) is 0 Å². The predicted molar refractivity (Wildman–Crippen MR) is 59.4 cm³/mol. The molecule has 0 aliphatic rings. The Morgan fingerprint density at radius 1 is 1.64 bits per heavy atom. The van der Waals surface area contributed by atoms with Crippen molar-refractivity contribution in [2.75, 3.05) is 25.7 Å². The molecule has 1 aromatic heterocycles. The zero-order chi connectivity index (χ0) is 10.6. The zero-order valence-corrected chi connectivity index (χ0v) is 9.50. The van der Waals surface area contributed by atoms with Gasteiger partial charge >= 0.3 is 0 Å². The van der Waals surface area contributed by atoms with Crippen molar-refractivity contribution in [2.24, 2.45) is 0 Å². The molecule has 0 aliphatic heterocycles. The number of ether oxygens (including phenoxy) is 1. The predicted octanol–water partition coefficient (Wildman–Crippen LogP) is 2.03. The minimum atomic E-state index is 0.318. The highest BCUT2D eigenvalue weighted by Gasteiger charge is 2.11. The normalized spacial score (nSPS) is 12.5. The van der Waals surface area contributed by atoms with Gasteiger partial charge < -0.3 is 9.64 Å². The number of hydrogen-bond donors (Lipinski definition) is 0. The summed E-state index contributed by atoms with van der Waals surface area (Å²) in [6, 6.07) is 4.11. The van der Waals surface area contributed by atoms with Gasteiger partial charge in [-0.1, -0.05) is 0 Å². The quantitative estimate of drug-likeness (QED) is 0.701. The number of nitrogens with zero attached hydrogens (tertiary/aromatic N) is 1. The van der Waals surface area contributed by atoms with Crippen molar-refractivity contribution in [3.63, 3.8) is 0 Å². The molecule has 0 radical (unpaired) electrons. The number of methoxy groups -OCH3 is 1. The van der Waals surface area contributed by atoms with Crippen LogP contribution in [0, 0.1) is 0 Å². The van der Waals surface area contributed by atoms with E-state index in [0.717, 1.165) is 16.2 Å². The van der Waals surface area contributed by atoms with E-state index in [1.54, 1.807) is 7.11 Å². The summed E-state index contributed by atoms with van der Waals surface area (Å²) in [4.78, 5) is 13.4. The third-order valence-electron chi connectivity index (χ3n) is 2.15. The number of likely N-dealkylation sites (N-methyl/N-ethyl adjacent to an activating group) is 1. The maximum absolute atomic E-state index is 10.5. The first-order valence-electron chi connectivity index (χ1n) is 4.45. The maximum Gasteiger partial charge on any atom is 0.160 e. The fourth-order valence-electron chi connectivity index (χ4n) is 1.17. The average molecular weight is 213 g/mol. The fourth-order valence-corrected chi connectivity index (χ4v) is 2.05. The third-order valence-corrected chi connectivity index (χ3v) is 3.25. The Morgan fingerprint density at radius 3 is 2.86 bits per heavy atom. The first-order valence-corrected chi connectivity index (χ1v) is 5.27. The molecule has 78 valence electrons. The molecule has 1 heterocycles. The Hall–Kier alpha value is -0.870. The highest BCUT2D eigenvalue weighted by atomic mass is 32.1. The van der Waals surface area contributed by atoms with Crippen LogP contribution in [0.2, 0.25) is 0 Å². The fraction of sp³-hybridized carbons (Fsp3) is 0.500. The second-order valence-corrected chi connectivity index (χ2v) is 4.30. The maximum atomic E-state index is 10.5. The largest absolute Gasteiger partial charge is 0.383 e. The Bertz CT molecular complexity index is 298. The van der Waals surface area contributed by atoms with Gasteiger partial charge in [-0.25, -0.2) is 0 Å². The first-order chi connectivity index (χ1) is 6.69. The summed E-state index contributed by atoms with van der Waals surface area (Å²) in [6.07, 6.45) is 0.878. The summed E-state index contributed by atoms with van der Waals surface area (Å²) in [6.45, 7) is 2.77. The molecule has 1 atom stereocenters. The van der Waals surface area contributed by atoms with E-state index in [9.17, 15) is 4.79 Å². The lowest BCUT2D eigenvalue weighted by molar-refractivity contribution is 0.112. The summed E-state index contributed by atoms with van der Waals surface area (Å²) < 4.78 is 5.07. The van der Waals surface area contributed by atoms with Crippen LogP contribution in [0.15, 0.2) is 12.1 Å². The molecule has 1 rings (SSSR count). The van der Waals surface area contributed by atoms with E-state index >= 15 is 0 Å². The summed E-state index contributed by atoms with van der Waals surface area (Å²) >= 11 is 1.50. The molecule has 0 saturated carbocycles. The van der Waals surface area contributed by atoms with Crippen LogP contribution in [0.3, 0.4) is 0 Å². The van der Waals surface area contributed by atoms with Crippen molar-refractivity contribution in [3.8, 4) is 0 Å². The molecular weight excluding hydrogens is 198 g/mol. The second-order valence-electron chi connectivity index (χ2n) is 3.21. The van der Waals surface area contributed by atoms with Gasteiger partial charge in [0.25, 0.3) is 0 Å². The molecular formula is C10H15NO2S. The number of thiophene rings is 1. The third kappa shape index (κ3) is 2.56. The SMILES string of the molecule is COCC(C)N(C)c1ccc(C=O)s1. The van der Waals surface area contributed by atoms with Gasteiger partial charge in [0.05, 0.1) is 16.5 Å². The van der Waals surface area contributed by atoms with Crippen molar-refractivity contribution in [3.05, 3.63) is 17.0 Å². The lowest BCUT2D eigenvalue weighted by atomic mass is 10.3. The number of carbonyl (C=O) groups is 1. The molecule has 1 unspecified atom stereocenters. The van der Waals surface area contributed by atoms with Gasteiger partial charge in [-0.3, -0.25) is 4.79 Å². The number of aldehydes is 1. The zero-order valence-electron chi connectivity index (χ0n) is 8.69. The summed E-state index contributed by atoms with van der Waals surface area (Å²) in [5.74, 6) is 0. The molecule has 0 fully saturated rings. The van der Waals surface area contributed by atoms with Crippen LogP contribution >= 0.6 is 11.3 Å². The van der Waals surface area contributed by atoms with E-state index in [-0.39, 0.29) is 0 Å². The van der Waals surface area contributed by atoms with E-state index in [0.29, 0.717) is 12.6 Å². The molecule has 0 saturated heterocycles. The smallest absolute Gasteiger partial charge is 0.160 e. The number of rotatable bonds is 5. The van der Waals surface area contributed by atoms with Crippen molar-refractivity contribution >= 4 is 22.6 Å². The van der Waals surface area contributed by atoms with Gasteiger partial charge in [0, 0.05) is 20.2 Å². The number of hydrogen-bond acceptors (Lipinski definition) is 4. The molecule has 0 N–H and O–H groups in total. The molecule has 0 spiro atoms. The first kappa shape index (κ1) is 11.2. The van der Waals surface area contributed by atoms with Gasteiger partial charge in [0.15, 0.2) is 6.29 Å². The topological polar surface area (TPSA) is 29.5 Å². The molecule has 0 amide bonds. The Labute approximate surface area is 88.3 Å². The average Bonchev–Trinajstić information content (AvgIpc) is 2.65. The summed E-state index contributed by atoms with van der Waals surface area (Å²) in [5.41, 5.74) is 0. The van der Waals surface area contributed by atoms with Crippen molar-refractivity contribution in [1.29, 1.82) is 0 Å².